The fraction of sp³-hybridized carbons (Fsp3) is 0.615. The summed E-state index contributed by atoms with van der Waals surface area (Å²) < 4.78 is 0. The first-order valence-electron chi connectivity index (χ1n) is 17.8. The van der Waals surface area contributed by atoms with Crippen LogP contribution >= 0.6 is 11.6 Å². The number of amides is 3. The maximum Gasteiger partial charge on any atom is 0.245 e. The van der Waals surface area contributed by atoms with Crippen LogP contribution in [0.15, 0.2) is 48.5 Å². The summed E-state index contributed by atoms with van der Waals surface area (Å²) >= 11 is 6.12. The Labute approximate surface area is 287 Å². The van der Waals surface area contributed by atoms with Gasteiger partial charge in [0, 0.05) is 49.0 Å². The summed E-state index contributed by atoms with van der Waals surface area (Å²) in [4.78, 5) is 40.1. The average molecular weight is 665 g/mol. The summed E-state index contributed by atoms with van der Waals surface area (Å²) in [6.07, 6.45) is 8.98. The van der Waals surface area contributed by atoms with Gasteiger partial charge in [0.1, 0.15) is 6.04 Å². The first-order chi connectivity index (χ1) is 22.3. The van der Waals surface area contributed by atoms with E-state index < -0.39 is 6.04 Å². The van der Waals surface area contributed by atoms with Gasteiger partial charge in [-0.3, -0.25) is 14.4 Å². The molecule has 0 aliphatic heterocycles. The predicted molar refractivity (Wildman–Crippen MR) is 191 cm³/mol. The van der Waals surface area contributed by atoms with E-state index in [0.717, 1.165) is 30.9 Å². The van der Waals surface area contributed by atoms with Crippen molar-refractivity contribution in [2.24, 2.45) is 23.5 Å². The van der Waals surface area contributed by atoms with Gasteiger partial charge in [-0.15, -0.1) is 0 Å². The summed E-state index contributed by atoms with van der Waals surface area (Å²) in [5.41, 5.74) is 10.1. The fourth-order valence-electron chi connectivity index (χ4n) is 8.09. The van der Waals surface area contributed by atoms with Crippen LogP contribution < -0.4 is 16.4 Å². The Hall–Kier alpha value is -2.90. The van der Waals surface area contributed by atoms with Crippen LogP contribution in [0.4, 0.5) is 0 Å². The third-order valence-electron chi connectivity index (χ3n) is 10.4. The highest BCUT2D eigenvalue weighted by atomic mass is 35.5. The lowest BCUT2D eigenvalue weighted by atomic mass is 9.79. The molecule has 0 aromatic heterocycles. The molecule has 4 N–H and O–H groups in total. The SMILES string of the molecule is CC(=O)NC(C)(C)C.CCN(CCC(C)C1CCCCC1)C(=O)[C@@H](Cc1ccc(Cl)cc1)NC(=O)C1C2CC(c3ccccc32)C1N. The number of nitrogens with one attached hydrogen (secondary N) is 2. The molecular weight excluding hydrogens is 608 g/mol. The van der Waals surface area contributed by atoms with Crippen molar-refractivity contribution in [1.82, 2.24) is 15.5 Å². The van der Waals surface area contributed by atoms with Crippen molar-refractivity contribution in [3.8, 4) is 0 Å². The van der Waals surface area contributed by atoms with Crippen molar-refractivity contribution < 1.29 is 14.4 Å². The number of likely N-dealkylation sites (N-methyl/N-ethyl adjacent to an activating group) is 1. The lowest BCUT2D eigenvalue weighted by Crippen LogP contribution is -2.54. The number of benzene rings is 2. The van der Waals surface area contributed by atoms with Gasteiger partial charge in [-0.2, -0.15) is 0 Å². The van der Waals surface area contributed by atoms with Gasteiger partial charge in [-0.25, -0.2) is 0 Å². The van der Waals surface area contributed by atoms with Gasteiger partial charge in [0.25, 0.3) is 0 Å². The number of nitrogens with zero attached hydrogens (tertiary/aromatic N) is 1. The lowest BCUT2D eigenvalue weighted by Gasteiger charge is -2.33. The summed E-state index contributed by atoms with van der Waals surface area (Å²) in [6, 6.07) is 15.1. The molecule has 5 rings (SSSR count). The molecule has 2 saturated carbocycles. The molecular formula is C39H57ClN4O3. The average Bonchev–Trinajstić information content (AvgIpc) is 3.57. The molecule has 2 bridgehead atoms. The topological polar surface area (TPSA) is 105 Å². The molecule has 0 heterocycles. The first kappa shape index (κ1) is 36.9. The molecule has 5 unspecified atom stereocenters. The molecule has 7 nitrogen and oxygen atoms in total. The summed E-state index contributed by atoms with van der Waals surface area (Å²) in [7, 11) is 0. The number of carbonyl (C=O) groups is 3. The zero-order chi connectivity index (χ0) is 34.3. The smallest absolute Gasteiger partial charge is 0.245 e. The van der Waals surface area contributed by atoms with Crippen LogP contribution in [0.3, 0.4) is 0 Å². The minimum Gasteiger partial charge on any atom is -0.352 e. The number of rotatable bonds is 10. The highest BCUT2D eigenvalue weighted by molar-refractivity contribution is 6.30. The van der Waals surface area contributed by atoms with Crippen LogP contribution in [0.25, 0.3) is 0 Å². The third kappa shape index (κ3) is 9.82. The molecule has 3 aliphatic rings. The Kier molecular flexibility index (Phi) is 12.9. The van der Waals surface area contributed by atoms with E-state index >= 15 is 0 Å². The van der Waals surface area contributed by atoms with E-state index in [-0.39, 0.29) is 47.1 Å². The van der Waals surface area contributed by atoms with E-state index in [4.69, 9.17) is 17.3 Å². The standard InChI is InChI=1S/C33H44ClN3O2.C6H13NO/c1-3-37(18-17-21(2)23-9-5-4-6-10-23)33(39)29(19-22-13-15-24(34)16-14-22)36-32(38)30-27-20-28(31(30)35)26-12-8-7-11-25(26)27;1-5(8)7-6(2,3)4/h7-8,11-16,21,23,27-31H,3-6,9-10,17-20,35H2,1-2H3,(H,36,38);1-4H3,(H,7,8)/t21?,27?,28?,29-,30?,31?;/m1./s1. The van der Waals surface area contributed by atoms with Crippen molar-refractivity contribution in [3.05, 3.63) is 70.2 Å². The van der Waals surface area contributed by atoms with Crippen LogP contribution in [0.1, 0.15) is 115 Å². The van der Waals surface area contributed by atoms with Gasteiger partial charge in [0.2, 0.25) is 17.7 Å². The van der Waals surface area contributed by atoms with E-state index in [1.165, 1.54) is 50.2 Å². The molecule has 2 fully saturated rings. The molecule has 2 aromatic rings. The Morgan fingerprint density at radius 2 is 1.60 bits per heavy atom. The van der Waals surface area contributed by atoms with Gasteiger partial charge >= 0.3 is 0 Å². The second-order valence-electron chi connectivity index (χ2n) is 15.1. The maximum atomic E-state index is 14.0. The number of carbonyl (C=O) groups excluding carboxylic acids is 3. The number of hydrogen-bond acceptors (Lipinski definition) is 4. The molecule has 8 heteroatoms. The highest BCUT2D eigenvalue weighted by Crippen LogP contribution is 2.55. The number of halogens is 1. The zero-order valence-corrected chi connectivity index (χ0v) is 30.1. The van der Waals surface area contributed by atoms with Crippen molar-refractivity contribution in [1.29, 1.82) is 0 Å². The van der Waals surface area contributed by atoms with E-state index in [1.54, 1.807) is 0 Å². The van der Waals surface area contributed by atoms with E-state index in [1.807, 2.05) is 62.9 Å². The molecule has 2 aromatic carbocycles. The molecule has 0 spiro atoms. The van der Waals surface area contributed by atoms with Crippen molar-refractivity contribution in [2.75, 3.05) is 13.1 Å². The normalized spacial score (nSPS) is 23.1. The maximum absolute atomic E-state index is 14.0. The van der Waals surface area contributed by atoms with E-state index in [0.29, 0.717) is 23.9 Å². The summed E-state index contributed by atoms with van der Waals surface area (Å²) in [5, 5.41) is 6.59. The van der Waals surface area contributed by atoms with Crippen molar-refractivity contribution in [2.45, 2.75) is 122 Å². The Balaban J connectivity index is 0.000000555. The van der Waals surface area contributed by atoms with Gasteiger partial charge in [0.15, 0.2) is 0 Å². The lowest BCUT2D eigenvalue weighted by molar-refractivity contribution is -0.137. The summed E-state index contributed by atoms with van der Waals surface area (Å²) in [6.45, 7) is 13.1. The number of fused-ring (bicyclic) bond motifs is 5. The molecule has 47 heavy (non-hydrogen) atoms. The van der Waals surface area contributed by atoms with Crippen LogP contribution in [0.5, 0.6) is 0 Å². The van der Waals surface area contributed by atoms with Crippen LogP contribution in [0.2, 0.25) is 5.02 Å². The molecule has 3 amide bonds. The minimum absolute atomic E-state index is 0.00577. The number of nitrogens with two attached hydrogens (primary N) is 1. The van der Waals surface area contributed by atoms with Crippen molar-refractivity contribution in [3.63, 3.8) is 0 Å². The molecule has 0 saturated heterocycles. The quantitative estimate of drug-likeness (QED) is 0.255. The van der Waals surface area contributed by atoms with Gasteiger partial charge in [-0.05, 0) is 87.1 Å². The third-order valence-corrected chi connectivity index (χ3v) is 10.7. The molecule has 258 valence electrons. The van der Waals surface area contributed by atoms with Gasteiger partial charge in [-0.1, -0.05) is 87.0 Å². The highest BCUT2D eigenvalue weighted by Gasteiger charge is 2.52. The molecule has 6 atom stereocenters. The van der Waals surface area contributed by atoms with Crippen LogP contribution in [-0.4, -0.2) is 53.3 Å². The Morgan fingerprint density at radius 1 is 0.979 bits per heavy atom. The van der Waals surface area contributed by atoms with Gasteiger partial charge < -0.3 is 21.3 Å². The predicted octanol–water partition coefficient (Wildman–Crippen LogP) is 6.97. The minimum atomic E-state index is -0.634. The van der Waals surface area contributed by atoms with Crippen LogP contribution in [-0.2, 0) is 20.8 Å². The monoisotopic (exact) mass is 664 g/mol. The second-order valence-corrected chi connectivity index (χ2v) is 15.5. The largest absolute Gasteiger partial charge is 0.352 e. The number of hydrogen-bond donors (Lipinski definition) is 3. The summed E-state index contributed by atoms with van der Waals surface area (Å²) in [5.74, 6) is 1.30. The van der Waals surface area contributed by atoms with Gasteiger partial charge in [0.05, 0.1) is 5.92 Å². The molecule has 3 aliphatic carbocycles. The Morgan fingerprint density at radius 3 is 2.15 bits per heavy atom. The first-order valence-corrected chi connectivity index (χ1v) is 18.1. The second kappa shape index (κ2) is 16.5. The van der Waals surface area contributed by atoms with E-state index in [9.17, 15) is 14.4 Å². The zero-order valence-electron chi connectivity index (χ0n) is 29.4. The Bertz CT molecular complexity index is 1350. The van der Waals surface area contributed by atoms with E-state index in [2.05, 4.69) is 35.8 Å². The molecule has 0 radical (unpaired) electrons. The fourth-order valence-corrected chi connectivity index (χ4v) is 8.22. The van der Waals surface area contributed by atoms with Crippen molar-refractivity contribution >= 4 is 29.3 Å². The van der Waals surface area contributed by atoms with Crippen LogP contribution in [0, 0.1) is 17.8 Å².